The Balaban J connectivity index is 1.88. The summed E-state index contributed by atoms with van der Waals surface area (Å²) in [5.74, 6) is -2.13. The van der Waals surface area contributed by atoms with Crippen molar-refractivity contribution in [2.75, 3.05) is 6.61 Å². The van der Waals surface area contributed by atoms with Crippen LogP contribution in [-0.2, 0) is 9.53 Å². The van der Waals surface area contributed by atoms with Gasteiger partial charge >= 0.3 is 11.6 Å². The van der Waals surface area contributed by atoms with E-state index in [2.05, 4.69) is 0 Å². The standard InChI is InChI=1S/C24H17NO7/c1-2-29-23(27)19-17(14-11-30-15-9-5-3-7-12(15)20(14)26)18-21(32-22(19)25)13-8-4-6-10-16(13)31-24(18)28/h3-11,17H,2,25H2,1H3. The maximum atomic E-state index is 13.4. The van der Waals surface area contributed by atoms with E-state index in [-0.39, 0.29) is 40.5 Å². The van der Waals surface area contributed by atoms with Gasteiger partial charge in [0, 0.05) is 5.56 Å². The van der Waals surface area contributed by atoms with Crippen molar-refractivity contribution in [3.63, 3.8) is 0 Å². The molecule has 0 bridgehead atoms. The van der Waals surface area contributed by atoms with Crippen LogP contribution in [0, 0.1) is 0 Å². The molecule has 3 heterocycles. The van der Waals surface area contributed by atoms with Gasteiger partial charge < -0.3 is 24.0 Å². The highest BCUT2D eigenvalue weighted by Crippen LogP contribution is 2.43. The smallest absolute Gasteiger partial charge is 0.344 e. The van der Waals surface area contributed by atoms with E-state index in [0.717, 1.165) is 0 Å². The van der Waals surface area contributed by atoms with Crippen LogP contribution in [-0.4, -0.2) is 12.6 Å². The van der Waals surface area contributed by atoms with Gasteiger partial charge in [-0.25, -0.2) is 9.59 Å². The van der Waals surface area contributed by atoms with Gasteiger partial charge in [-0.2, -0.15) is 0 Å². The zero-order chi connectivity index (χ0) is 22.4. The molecule has 4 aromatic rings. The van der Waals surface area contributed by atoms with Crippen LogP contribution in [0.2, 0.25) is 0 Å². The molecule has 1 aliphatic rings. The van der Waals surface area contributed by atoms with E-state index < -0.39 is 22.9 Å². The predicted molar refractivity (Wildman–Crippen MR) is 115 cm³/mol. The Morgan fingerprint density at radius 3 is 2.47 bits per heavy atom. The number of hydrogen-bond acceptors (Lipinski definition) is 8. The lowest BCUT2D eigenvalue weighted by atomic mass is 9.83. The number of fused-ring (bicyclic) bond motifs is 4. The number of hydrogen-bond donors (Lipinski definition) is 1. The maximum absolute atomic E-state index is 13.4. The molecule has 2 N–H and O–H groups in total. The largest absolute Gasteiger partial charge is 0.464 e. The summed E-state index contributed by atoms with van der Waals surface area (Å²) in [6, 6.07) is 13.4. The summed E-state index contributed by atoms with van der Waals surface area (Å²) < 4.78 is 22.0. The third-order valence-electron chi connectivity index (χ3n) is 5.37. The molecule has 2 aromatic carbocycles. The monoisotopic (exact) mass is 431 g/mol. The number of carbonyl (C=O) groups excluding carboxylic acids is 1. The summed E-state index contributed by atoms with van der Waals surface area (Å²) in [6.07, 6.45) is 1.23. The Morgan fingerprint density at radius 1 is 1.03 bits per heavy atom. The zero-order valence-corrected chi connectivity index (χ0v) is 16.9. The fraction of sp³-hybridized carbons (Fsp3) is 0.125. The van der Waals surface area contributed by atoms with E-state index >= 15 is 0 Å². The molecule has 8 heteroatoms. The van der Waals surface area contributed by atoms with Crippen LogP contribution in [0.5, 0.6) is 5.75 Å². The molecule has 1 unspecified atom stereocenters. The Labute approximate surface area is 180 Å². The van der Waals surface area contributed by atoms with Crippen molar-refractivity contribution in [2.24, 2.45) is 5.73 Å². The SMILES string of the molecule is CCOC(=O)C1=C(N)Oc2c(c(=O)oc3ccccc23)C1c1coc2ccccc2c1=O. The normalized spacial score (nSPS) is 15.5. The number of benzene rings is 2. The van der Waals surface area contributed by atoms with E-state index in [9.17, 15) is 14.4 Å². The Bertz CT molecular complexity index is 1540. The molecule has 0 aliphatic carbocycles. The van der Waals surface area contributed by atoms with Gasteiger partial charge in [-0.1, -0.05) is 24.3 Å². The van der Waals surface area contributed by atoms with E-state index in [1.165, 1.54) is 6.26 Å². The van der Waals surface area contributed by atoms with E-state index in [4.69, 9.17) is 24.0 Å². The molecule has 0 spiro atoms. The molecule has 0 saturated carbocycles. The number of para-hydroxylation sites is 2. The lowest BCUT2D eigenvalue weighted by Gasteiger charge is -2.27. The average molecular weight is 431 g/mol. The third kappa shape index (κ3) is 2.88. The van der Waals surface area contributed by atoms with Crippen molar-refractivity contribution in [1.82, 2.24) is 0 Å². The highest BCUT2D eigenvalue weighted by atomic mass is 16.5. The molecule has 0 fully saturated rings. The molecule has 0 amide bonds. The second-order valence-corrected chi connectivity index (χ2v) is 7.18. The fourth-order valence-corrected chi connectivity index (χ4v) is 3.98. The lowest BCUT2D eigenvalue weighted by molar-refractivity contribution is -0.139. The Kier molecular flexibility index (Phi) is 4.55. The second-order valence-electron chi connectivity index (χ2n) is 7.18. The zero-order valence-electron chi connectivity index (χ0n) is 16.9. The Morgan fingerprint density at radius 2 is 1.72 bits per heavy atom. The summed E-state index contributed by atoms with van der Waals surface area (Å²) in [5, 5.41) is 0.771. The van der Waals surface area contributed by atoms with Crippen molar-refractivity contribution in [3.05, 3.63) is 98.0 Å². The van der Waals surface area contributed by atoms with Gasteiger partial charge in [0.15, 0.2) is 11.2 Å². The van der Waals surface area contributed by atoms with Crippen LogP contribution >= 0.6 is 0 Å². The van der Waals surface area contributed by atoms with Crippen LogP contribution in [0.4, 0.5) is 0 Å². The van der Waals surface area contributed by atoms with Gasteiger partial charge in [0.1, 0.15) is 16.7 Å². The maximum Gasteiger partial charge on any atom is 0.344 e. The van der Waals surface area contributed by atoms with Crippen LogP contribution in [0.25, 0.3) is 21.9 Å². The van der Waals surface area contributed by atoms with Gasteiger partial charge in [-0.15, -0.1) is 0 Å². The third-order valence-corrected chi connectivity index (χ3v) is 5.37. The molecular formula is C24H17NO7. The first-order valence-corrected chi connectivity index (χ1v) is 9.92. The first-order valence-electron chi connectivity index (χ1n) is 9.92. The van der Waals surface area contributed by atoms with Crippen molar-refractivity contribution >= 4 is 27.9 Å². The molecule has 0 radical (unpaired) electrons. The minimum absolute atomic E-state index is 0.0245. The summed E-state index contributed by atoms with van der Waals surface area (Å²) in [7, 11) is 0. The Hall–Kier alpha value is -4.33. The molecule has 0 saturated heterocycles. The van der Waals surface area contributed by atoms with Crippen LogP contribution in [0.1, 0.15) is 24.0 Å². The number of ether oxygens (including phenoxy) is 2. The van der Waals surface area contributed by atoms with Crippen LogP contribution in [0.3, 0.4) is 0 Å². The van der Waals surface area contributed by atoms with Gasteiger partial charge in [0.2, 0.25) is 5.88 Å². The molecule has 5 rings (SSSR count). The minimum atomic E-state index is -1.19. The predicted octanol–water partition coefficient (Wildman–Crippen LogP) is 3.16. The van der Waals surface area contributed by atoms with E-state index in [1.807, 2.05) is 0 Å². The van der Waals surface area contributed by atoms with Crippen LogP contribution in [0.15, 0.2) is 84.7 Å². The molecule has 8 nitrogen and oxygen atoms in total. The summed E-state index contributed by atoms with van der Waals surface area (Å²) in [6.45, 7) is 1.70. The second kappa shape index (κ2) is 7.42. The first kappa shape index (κ1) is 19.6. The highest BCUT2D eigenvalue weighted by molar-refractivity contribution is 5.95. The molecular weight excluding hydrogens is 414 g/mol. The minimum Gasteiger partial charge on any atom is -0.464 e. The molecule has 1 aliphatic heterocycles. The molecule has 2 aromatic heterocycles. The molecule has 1 atom stereocenters. The lowest BCUT2D eigenvalue weighted by Crippen LogP contribution is -2.33. The summed E-state index contributed by atoms with van der Waals surface area (Å²) in [4.78, 5) is 39.3. The quantitative estimate of drug-likeness (QED) is 0.388. The summed E-state index contributed by atoms with van der Waals surface area (Å²) >= 11 is 0. The number of nitrogens with two attached hydrogens (primary N) is 1. The van der Waals surface area contributed by atoms with Crippen molar-refractivity contribution in [2.45, 2.75) is 12.8 Å². The van der Waals surface area contributed by atoms with E-state index in [0.29, 0.717) is 16.4 Å². The van der Waals surface area contributed by atoms with Crippen LogP contribution < -0.4 is 21.5 Å². The van der Waals surface area contributed by atoms with Gasteiger partial charge in [-0.05, 0) is 31.2 Å². The number of carbonyl (C=O) groups is 1. The number of esters is 1. The number of rotatable bonds is 3. The topological polar surface area (TPSA) is 122 Å². The summed E-state index contributed by atoms with van der Waals surface area (Å²) in [5.41, 5.74) is 5.49. The van der Waals surface area contributed by atoms with E-state index in [1.54, 1.807) is 55.5 Å². The van der Waals surface area contributed by atoms with Crippen molar-refractivity contribution < 1.29 is 23.1 Å². The average Bonchev–Trinajstić information content (AvgIpc) is 2.79. The van der Waals surface area contributed by atoms with Gasteiger partial charge in [0.05, 0.1) is 35.1 Å². The van der Waals surface area contributed by atoms with Crippen molar-refractivity contribution in [1.29, 1.82) is 0 Å². The first-order chi connectivity index (χ1) is 15.5. The van der Waals surface area contributed by atoms with Crippen molar-refractivity contribution in [3.8, 4) is 5.75 Å². The molecule has 160 valence electrons. The fourth-order valence-electron chi connectivity index (χ4n) is 3.98. The van der Waals surface area contributed by atoms with Gasteiger partial charge in [-0.3, -0.25) is 4.79 Å². The highest BCUT2D eigenvalue weighted by Gasteiger charge is 2.41. The molecule has 32 heavy (non-hydrogen) atoms. The van der Waals surface area contributed by atoms with Gasteiger partial charge in [0.25, 0.3) is 0 Å².